The Labute approximate surface area is 193 Å². The molecule has 0 unspecified atom stereocenters. The second-order valence-electron chi connectivity index (χ2n) is 6.97. The van der Waals surface area contributed by atoms with E-state index < -0.39 is 9.84 Å². The summed E-state index contributed by atoms with van der Waals surface area (Å²) in [6.07, 6.45) is 0. The molecule has 2 aromatic carbocycles. The Kier molecular flexibility index (Phi) is 6.23. The summed E-state index contributed by atoms with van der Waals surface area (Å²) in [7, 11) is -3.18. The minimum Gasteiger partial charge on any atom is -0.325 e. The van der Waals surface area contributed by atoms with Gasteiger partial charge in [-0.15, -0.1) is 0 Å². The number of anilines is 2. The molecule has 1 fully saturated rings. The van der Waals surface area contributed by atoms with Crippen molar-refractivity contribution in [2.24, 2.45) is 4.99 Å². The fraction of sp³-hybridized carbons (Fsp3) is 0.263. The Hall–Kier alpha value is -1.45. The van der Waals surface area contributed by atoms with E-state index in [4.69, 9.17) is 34.8 Å². The summed E-state index contributed by atoms with van der Waals surface area (Å²) in [4.78, 5) is 18.8. The molecule has 1 N–H and O–H groups in total. The van der Waals surface area contributed by atoms with Crippen molar-refractivity contribution in [2.75, 3.05) is 27.5 Å². The molecule has 2 aromatic rings. The van der Waals surface area contributed by atoms with Crippen molar-refractivity contribution < 1.29 is 13.2 Å². The van der Waals surface area contributed by atoms with E-state index in [0.29, 0.717) is 31.6 Å². The van der Waals surface area contributed by atoms with E-state index in [-0.39, 0.29) is 35.2 Å². The maximum atomic E-state index is 12.4. The summed E-state index contributed by atoms with van der Waals surface area (Å²) in [6, 6.07) is 11.2. The highest BCUT2D eigenvalue weighted by Crippen LogP contribution is 2.37. The van der Waals surface area contributed by atoms with Gasteiger partial charge in [-0.2, -0.15) is 0 Å². The molecule has 2 heterocycles. The van der Waals surface area contributed by atoms with Gasteiger partial charge >= 0.3 is 0 Å². The van der Waals surface area contributed by atoms with Crippen LogP contribution in [0.2, 0.25) is 15.1 Å². The van der Waals surface area contributed by atoms with Crippen LogP contribution < -0.4 is 10.2 Å². The molecule has 2 aliphatic rings. The number of carbonyl (C=O) groups excluding carboxylic acids is 1. The average Bonchev–Trinajstić information content (AvgIpc) is 3.10. The van der Waals surface area contributed by atoms with Gasteiger partial charge in [-0.3, -0.25) is 9.79 Å². The van der Waals surface area contributed by atoms with Crippen molar-refractivity contribution in [2.45, 2.75) is 12.1 Å². The number of halogens is 3. The van der Waals surface area contributed by atoms with Crippen LogP contribution >= 0.6 is 46.6 Å². The zero-order chi connectivity index (χ0) is 21.5. The first-order valence-electron chi connectivity index (χ1n) is 8.92. The third-order valence-electron chi connectivity index (χ3n) is 4.67. The highest BCUT2D eigenvalue weighted by Gasteiger charge is 2.47. The standard InChI is InChI=1S/C19H16Cl3N3O3S2/c20-11-2-1-3-14(5-11)23-18(26)8-29-19-24-16-9-30(27,28)10-17(16)25(19)15-6-12(21)4-13(22)7-15/h1-7,16-17H,8-10H2,(H,23,26)/t16-,17-/m0/s1. The van der Waals surface area contributed by atoms with E-state index >= 15 is 0 Å². The molecule has 4 rings (SSSR count). The number of hydrogen-bond donors (Lipinski definition) is 1. The van der Waals surface area contributed by atoms with Gasteiger partial charge in [-0.05, 0) is 36.4 Å². The van der Waals surface area contributed by atoms with Gasteiger partial charge in [0.25, 0.3) is 0 Å². The Morgan fingerprint density at radius 3 is 2.53 bits per heavy atom. The fourth-order valence-electron chi connectivity index (χ4n) is 3.51. The van der Waals surface area contributed by atoms with Crippen LogP contribution in [0.4, 0.5) is 11.4 Å². The third kappa shape index (κ3) is 4.89. The maximum Gasteiger partial charge on any atom is 0.234 e. The Balaban J connectivity index is 1.53. The van der Waals surface area contributed by atoms with Crippen molar-refractivity contribution in [3.8, 4) is 0 Å². The van der Waals surface area contributed by atoms with Crippen molar-refractivity contribution in [3.05, 3.63) is 57.5 Å². The average molecular weight is 505 g/mol. The summed E-state index contributed by atoms with van der Waals surface area (Å²) in [5.74, 6) is -0.146. The van der Waals surface area contributed by atoms with Gasteiger partial charge in [0, 0.05) is 26.4 Å². The van der Waals surface area contributed by atoms with E-state index in [1.54, 1.807) is 42.5 Å². The minimum absolute atomic E-state index is 0.00985. The van der Waals surface area contributed by atoms with Crippen LogP contribution in [0.15, 0.2) is 47.5 Å². The van der Waals surface area contributed by atoms with Crippen molar-refractivity contribution in [1.82, 2.24) is 0 Å². The Morgan fingerprint density at radius 1 is 1.10 bits per heavy atom. The highest BCUT2D eigenvalue weighted by atomic mass is 35.5. The molecule has 158 valence electrons. The molecule has 0 spiro atoms. The lowest BCUT2D eigenvalue weighted by Gasteiger charge is -2.26. The predicted molar refractivity (Wildman–Crippen MR) is 125 cm³/mol. The predicted octanol–water partition coefficient (Wildman–Crippen LogP) is 4.36. The van der Waals surface area contributed by atoms with Crippen LogP contribution in [0.5, 0.6) is 0 Å². The molecule has 0 saturated carbocycles. The number of rotatable bonds is 4. The molecule has 0 aromatic heterocycles. The molecule has 11 heteroatoms. The van der Waals surface area contributed by atoms with E-state index in [0.717, 1.165) is 0 Å². The lowest BCUT2D eigenvalue weighted by atomic mass is 10.1. The molecule has 2 aliphatic heterocycles. The van der Waals surface area contributed by atoms with Crippen LogP contribution in [0.3, 0.4) is 0 Å². The van der Waals surface area contributed by atoms with Gasteiger partial charge in [0.2, 0.25) is 5.91 Å². The second-order valence-corrected chi connectivity index (χ2v) is 11.4. The summed E-state index contributed by atoms with van der Waals surface area (Å²) in [6.45, 7) is 0. The monoisotopic (exact) mass is 503 g/mol. The van der Waals surface area contributed by atoms with Crippen molar-refractivity contribution >= 4 is 78.9 Å². The zero-order valence-corrected chi connectivity index (χ0v) is 19.3. The summed E-state index contributed by atoms with van der Waals surface area (Å²) in [5.41, 5.74) is 1.25. The number of fused-ring (bicyclic) bond motifs is 1. The van der Waals surface area contributed by atoms with Gasteiger partial charge in [-0.1, -0.05) is 52.6 Å². The lowest BCUT2D eigenvalue weighted by Crippen LogP contribution is -2.39. The normalized spacial score (nSPS) is 22.0. The van der Waals surface area contributed by atoms with Crippen molar-refractivity contribution in [1.29, 1.82) is 0 Å². The van der Waals surface area contributed by atoms with Gasteiger partial charge in [0.1, 0.15) is 0 Å². The summed E-state index contributed by atoms with van der Waals surface area (Å²) >= 11 is 19.5. The molecule has 0 aliphatic carbocycles. The number of nitrogens with zero attached hydrogens (tertiary/aromatic N) is 2. The number of benzene rings is 2. The van der Waals surface area contributed by atoms with Crippen LogP contribution in [0.25, 0.3) is 0 Å². The minimum atomic E-state index is -3.18. The van der Waals surface area contributed by atoms with Gasteiger partial charge in [0.05, 0.1) is 29.3 Å². The largest absolute Gasteiger partial charge is 0.325 e. The van der Waals surface area contributed by atoms with Gasteiger partial charge in [0.15, 0.2) is 15.0 Å². The van der Waals surface area contributed by atoms with Crippen LogP contribution in [-0.2, 0) is 14.6 Å². The topological polar surface area (TPSA) is 78.8 Å². The summed E-state index contributed by atoms with van der Waals surface area (Å²) in [5, 5.41) is 4.75. The molecule has 6 nitrogen and oxygen atoms in total. The smallest absolute Gasteiger partial charge is 0.234 e. The number of aliphatic imine (C=N–C) groups is 1. The van der Waals surface area contributed by atoms with Gasteiger partial charge in [-0.25, -0.2) is 8.42 Å². The molecular weight excluding hydrogens is 489 g/mol. The zero-order valence-electron chi connectivity index (χ0n) is 15.4. The first-order valence-corrected chi connectivity index (χ1v) is 12.9. The quantitative estimate of drug-likeness (QED) is 0.669. The van der Waals surface area contributed by atoms with E-state index in [2.05, 4.69) is 10.3 Å². The first kappa shape index (κ1) is 21.8. The molecule has 0 bridgehead atoms. The molecule has 2 atom stereocenters. The van der Waals surface area contributed by atoms with E-state index in [1.165, 1.54) is 11.8 Å². The van der Waals surface area contributed by atoms with E-state index in [9.17, 15) is 13.2 Å². The molecule has 30 heavy (non-hydrogen) atoms. The van der Waals surface area contributed by atoms with Gasteiger partial charge < -0.3 is 10.2 Å². The Morgan fingerprint density at radius 2 is 1.83 bits per heavy atom. The highest BCUT2D eigenvalue weighted by molar-refractivity contribution is 8.14. The number of sulfone groups is 1. The third-order valence-corrected chi connectivity index (χ3v) is 8.01. The van der Waals surface area contributed by atoms with Crippen molar-refractivity contribution in [3.63, 3.8) is 0 Å². The summed E-state index contributed by atoms with van der Waals surface area (Å²) < 4.78 is 24.3. The maximum absolute atomic E-state index is 12.4. The van der Waals surface area contributed by atoms with Crippen LogP contribution in [0, 0.1) is 0 Å². The molecule has 0 radical (unpaired) electrons. The fourth-order valence-corrected chi connectivity index (χ4v) is 6.98. The SMILES string of the molecule is O=C(CSC1=N[C@H]2CS(=O)(=O)C[C@@H]2N1c1cc(Cl)cc(Cl)c1)Nc1cccc(Cl)c1. The first-order chi connectivity index (χ1) is 14.2. The molecule has 1 saturated heterocycles. The van der Waals surface area contributed by atoms with Crippen LogP contribution in [0.1, 0.15) is 0 Å². The van der Waals surface area contributed by atoms with E-state index in [1.807, 2.05) is 4.90 Å². The molecular formula is C19H16Cl3N3O3S2. The number of carbonyl (C=O) groups is 1. The second kappa shape index (κ2) is 8.59. The number of thioether (sulfide) groups is 1. The molecule has 1 amide bonds. The Bertz CT molecular complexity index is 1120. The number of amidine groups is 1. The number of nitrogens with one attached hydrogen (secondary N) is 1. The lowest BCUT2D eigenvalue weighted by molar-refractivity contribution is -0.113. The number of hydrogen-bond acceptors (Lipinski definition) is 6. The number of amides is 1. The van der Waals surface area contributed by atoms with Crippen LogP contribution in [-0.4, -0.2) is 48.8 Å².